The maximum atomic E-state index is 5.24. The summed E-state index contributed by atoms with van der Waals surface area (Å²) in [6, 6.07) is 16.6. The van der Waals surface area contributed by atoms with Crippen molar-refractivity contribution in [2.75, 3.05) is 0 Å². The highest BCUT2D eigenvalue weighted by molar-refractivity contribution is 5.28. The Kier molecular flexibility index (Phi) is 8.40. The van der Waals surface area contributed by atoms with Crippen LogP contribution in [0.5, 0.6) is 11.5 Å². The number of unbranched alkanes of at least 4 members (excludes halogenated alkanes) is 4. The third kappa shape index (κ3) is 7.30. The molecule has 0 spiro atoms. The van der Waals surface area contributed by atoms with Gasteiger partial charge in [-0.3, -0.25) is 0 Å². The average molecular weight is 336 g/mol. The normalized spacial score (nSPS) is 10.2. The minimum absolute atomic E-state index is 0.850. The molecule has 132 valence electrons. The molecule has 2 rings (SSSR count). The van der Waals surface area contributed by atoms with Crippen LogP contribution in [-0.2, 0) is 12.8 Å². The van der Waals surface area contributed by atoms with Gasteiger partial charge in [-0.1, -0.05) is 56.7 Å². The molecule has 0 N–H and O–H groups in total. The molecule has 0 aliphatic rings. The van der Waals surface area contributed by atoms with Crippen LogP contribution in [0.15, 0.2) is 74.2 Å². The largest absolute Gasteiger partial charge is 0.466 e. The molecule has 0 heterocycles. The second-order valence-corrected chi connectivity index (χ2v) is 6.12. The van der Waals surface area contributed by atoms with Crippen LogP contribution < -0.4 is 9.47 Å². The van der Waals surface area contributed by atoms with Crippen molar-refractivity contribution >= 4 is 0 Å². The van der Waals surface area contributed by atoms with Crippen molar-refractivity contribution < 1.29 is 9.47 Å². The lowest BCUT2D eigenvalue weighted by Crippen LogP contribution is -1.89. The molecule has 2 nitrogen and oxygen atoms in total. The fraction of sp³-hybridized carbons (Fsp3) is 0.304. The van der Waals surface area contributed by atoms with Gasteiger partial charge in [0.05, 0.1) is 12.5 Å². The summed E-state index contributed by atoms with van der Waals surface area (Å²) in [5.41, 5.74) is 2.75. The highest BCUT2D eigenvalue weighted by Crippen LogP contribution is 2.17. The first kappa shape index (κ1) is 18.9. The van der Waals surface area contributed by atoms with Gasteiger partial charge >= 0.3 is 0 Å². The maximum Gasteiger partial charge on any atom is 0.126 e. The number of benzene rings is 2. The summed E-state index contributed by atoms with van der Waals surface area (Å²) < 4.78 is 10.5. The molecule has 0 saturated carbocycles. The third-order valence-corrected chi connectivity index (χ3v) is 4.22. The van der Waals surface area contributed by atoms with Crippen LogP contribution >= 0.6 is 0 Å². The Labute approximate surface area is 151 Å². The van der Waals surface area contributed by atoms with E-state index < -0.39 is 0 Å². The predicted molar refractivity (Wildman–Crippen MR) is 105 cm³/mol. The Morgan fingerprint density at radius 1 is 0.560 bits per heavy atom. The van der Waals surface area contributed by atoms with Gasteiger partial charge in [0.2, 0.25) is 0 Å². The zero-order chi connectivity index (χ0) is 17.7. The quantitative estimate of drug-likeness (QED) is 0.327. The van der Waals surface area contributed by atoms with Crippen LogP contribution in [0, 0.1) is 0 Å². The second-order valence-electron chi connectivity index (χ2n) is 6.12. The number of hydrogen-bond donors (Lipinski definition) is 0. The van der Waals surface area contributed by atoms with Crippen LogP contribution in [0.1, 0.15) is 43.2 Å². The van der Waals surface area contributed by atoms with Crippen molar-refractivity contribution in [3.05, 3.63) is 85.3 Å². The molecular formula is C23H28O2. The molecule has 0 amide bonds. The minimum atomic E-state index is 0.850. The van der Waals surface area contributed by atoms with E-state index >= 15 is 0 Å². The second kappa shape index (κ2) is 11.1. The molecule has 2 aromatic carbocycles. The van der Waals surface area contributed by atoms with Crippen LogP contribution in [0.4, 0.5) is 0 Å². The first-order chi connectivity index (χ1) is 12.3. The van der Waals surface area contributed by atoms with Gasteiger partial charge in [0.15, 0.2) is 0 Å². The Morgan fingerprint density at radius 2 is 0.920 bits per heavy atom. The molecule has 0 aromatic heterocycles. The molecule has 0 aliphatic heterocycles. The van der Waals surface area contributed by atoms with Crippen molar-refractivity contribution in [2.45, 2.75) is 44.9 Å². The molecule has 0 saturated heterocycles. The Balaban J connectivity index is 1.54. The van der Waals surface area contributed by atoms with Crippen molar-refractivity contribution in [3.8, 4) is 11.5 Å². The lowest BCUT2D eigenvalue weighted by atomic mass is 10.0. The van der Waals surface area contributed by atoms with Gasteiger partial charge in [0, 0.05) is 0 Å². The molecule has 0 radical (unpaired) electrons. The van der Waals surface area contributed by atoms with Gasteiger partial charge < -0.3 is 9.47 Å². The minimum Gasteiger partial charge on any atom is -0.466 e. The first-order valence-electron chi connectivity index (χ1n) is 9.05. The first-order valence-corrected chi connectivity index (χ1v) is 9.05. The van der Waals surface area contributed by atoms with Crippen molar-refractivity contribution in [3.63, 3.8) is 0 Å². The molecule has 0 atom stereocenters. The fourth-order valence-electron chi connectivity index (χ4n) is 2.85. The van der Waals surface area contributed by atoms with E-state index in [4.69, 9.17) is 9.47 Å². The highest BCUT2D eigenvalue weighted by atomic mass is 16.5. The molecule has 2 aromatic rings. The molecule has 0 unspecified atom stereocenters. The Bertz CT molecular complexity index is 569. The number of ether oxygens (including phenoxy) is 2. The summed E-state index contributed by atoms with van der Waals surface area (Å²) in [4.78, 5) is 0. The Hall–Kier alpha value is -2.48. The number of rotatable bonds is 12. The zero-order valence-electron chi connectivity index (χ0n) is 15.0. The molecule has 0 fully saturated rings. The van der Waals surface area contributed by atoms with E-state index in [1.54, 1.807) is 0 Å². The SMILES string of the molecule is C=COc1ccc(CCCCCCCc2ccc(OC=C)cc2)cc1. The standard InChI is InChI=1S/C23H28O2/c1-3-24-22-16-12-20(13-17-22)10-8-6-5-7-9-11-21-14-18-23(19-15-21)25-4-2/h3-4,12-19H,1-2,5-11H2. The van der Waals surface area contributed by atoms with Crippen molar-refractivity contribution in [1.29, 1.82) is 0 Å². The van der Waals surface area contributed by atoms with E-state index in [2.05, 4.69) is 37.4 Å². The Morgan fingerprint density at radius 3 is 1.28 bits per heavy atom. The molecular weight excluding hydrogens is 308 g/mol. The highest BCUT2D eigenvalue weighted by Gasteiger charge is 1.98. The summed E-state index contributed by atoms with van der Waals surface area (Å²) in [6.45, 7) is 7.13. The maximum absolute atomic E-state index is 5.24. The van der Waals surface area contributed by atoms with Gasteiger partial charge in [-0.15, -0.1) is 0 Å². The lowest BCUT2D eigenvalue weighted by Gasteiger charge is -2.05. The smallest absolute Gasteiger partial charge is 0.126 e. The van der Waals surface area contributed by atoms with Crippen LogP contribution in [-0.4, -0.2) is 0 Å². The van der Waals surface area contributed by atoms with E-state index in [1.165, 1.54) is 55.8 Å². The fourth-order valence-corrected chi connectivity index (χ4v) is 2.85. The van der Waals surface area contributed by atoms with E-state index in [0.29, 0.717) is 0 Å². The third-order valence-electron chi connectivity index (χ3n) is 4.22. The average Bonchev–Trinajstić information content (AvgIpc) is 2.64. The van der Waals surface area contributed by atoms with E-state index in [1.807, 2.05) is 24.3 Å². The van der Waals surface area contributed by atoms with Crippen LogP contribution in [0.2, 0.25) is 0 Å². The summed E-state index contributed by atoms with van der Waals surface area (Å²) in [7, 11) is 0. The van der Waals surface area contributed by atoms with Gasteiger partial charge in [-0.05, 0) is 61.1 Å². The van der Waals surface area contributed by atoms with Crippen molar-refractivity contribution in [1.82, 2.24) is 0 Å². The number of aryl methyl sites for hydroxylation is 2. The monoisotopic (exact) mass is 336 g/mol. The topological polar surface area (TPSA) is 18.5 Å². The van der Waals surface area contributed by atoms with Gasteiger partial charge in [0.1, 0.15) is 11.5 Å². The van der Waals surface area contributed by atoms with Crippen LogP contribution in [0.3, 0.4) is 0 Å². The van der Waals surface area contributed by atoms with E-state index in [0.717, 1.165) is 24.3 Å². The molecule has 0 aliphatic carbocycles. The molecule has 25 heavy (non-hydrogen) atoms. The van der Waals surface area contributed by atoms with E-state index in [-0.39, 0.29) is 0 Å². The van der Waals surface area contributed by atoms with Gasteiger partial charge in [-0.2, -0.15) is 0 Å². The summed E-state index contributed by atoms with van der Waals surface area (Å²) >= 11 is 0. The number of hydrogen-bond acceptors (Lipinski definition) is 2. The lowest BCUT2D eigenvalue weighted by molar-refractivity contribution is 0.483. The van der Waals surface area contributed by atoms with Crippen molar-refractivity contribution in [2.24, 2.45) is 0 Å². The summed E-state index contributed by atoms with van der Waals surface area (Å²) in [6.07, 6.45) is 11.6. The summed E-state index contributed by atoms with van der Waals surface area (Å²) in [5, 5.41) is 0. The van der Waals surface area contributed by atoms with Gasteiger partial charge in [0.25, 0.3) is 0 Å². The molecule has 2 heteroatoms. The summed E-state index contributed by atoms with van der Waals surface area (Å²) in [5.74, 6) is 1.70. The molecule has 0 bridgehead atoms. The van der Waals surface area contributed by atoms with Gasteiger partial charge in [-0.25, -0.2) is 0 Å². The zero-order valence-corrected chi connectivity index (χ0v) is 15.0. The van der Waals surface area contributed by atoms with Crippen LogP contribution in [0.25, 0.3) is 0 Å². The van der Waals surface area contributed by atoms with E-state index in [9.17, 15) is 0 Å². The predicted octanol–water partition coefficient (Wildman–Crippen LogP) is 6.47.